The molecule has 0 bridgehead atoms. The van der Waals surface area contributed by atoms with Crippen LogP contribution < -0.4 is 0 Å². The molecule has 2 saturated carbocycles. The molecule has 0 amide bonds. The lowest BCUT2D eigenvalue weighted by Gasteiger charge is -2.31. The third-order valence-corrected chi connectivity index (χ3v) is 6.20. The first-order valence-electron chi connectivity index (χ1n) is 10.8. The number of halogens is 1. The quantitative estimate of drug-likeness (QED) is 0.255. The van der Waals surface area contributed by atoms with E-state index in [-0.39, 0.29) is 0 Å². The van der Waals surface area contributed by atoms with Crippen molar-refractivity contribution in [3.8, 4) is 6.07 Å². The van der Waals surface area contributed by atoms with Gasteiger partial charge in [0, 0.05) is 6.61 Å². The van der Waals surface area contributed by atoms with Gasteiger partial charge in [0.1, 0.15) is 6.07 Å². The fourth-order valence-electron chi connectivity index (χ4n) is 4.42. The van der Waals surface area contributed by atoms with Gasteiger partial charge in [0.25, 0.3) is 0 Å². The minimum atomic E-state index is -0.724. The number of allylic oxidation sites excluding steroid dienone is 4. The van der Waals surface area contributed by atoms with Gasteiger partial charge in [-0.25, -0.2) is 0 Å². The Morgan fingerprint density at radius 1 is 1.04 bits per heavy atom. The fraction of sp³-hybridized carbons (Fsp3) is 0.783. The lowest BCUT2D eigenvalue weighted by molar-refractivity contribution is -0.00663. The largest absolute Gasteiger partial charge is 0.378 e. The van der Waals surface area contributed by atoms with Crippen molar-refractivity contribution in [1.82, 2.24) is 0 Å². The van der Waals surface area contributed by atoms with E-state index in [1.807, 2.05) is 6.08 Å². The number of hydrogen-bond acceptors (Lipinski definition) is 2. The van der Waals surface area contributed by atoms with Gasteiger partial charge >= 0.3 is 0 Å². The molecule has 0 atom stereocenters. The van der Waals surface area contributed by atoms with E-state index in [1.165, 1.54) is 63.5 Å². The lowest BCUT2D eigenvalue weighted by Crippen LogP contribution is -2.25. The van der Waals surface area contributed by atoms with Gasteiger partial charge in [-0.05, 0) is 62.4 Å². The third-order valence-electron chi connectivity index (χ3n) is 6.20. The van der Waals surface area contributed by atoms with Crippen LogP contribution in [0.15, 0.2) is 24.1 Å². The van der Waals surface area contributed by atoms with Gasteiger partial charge in [0.2, 0.25) is 0 Å². The van der Waals surface area contributed by atoms with Gasteiger partial charge in [0.15, 0.2) is 5.83 Å². The minimum Gasteiger partial charge on any atom is -0.378 e. The molecule has 0 aromatic heterocycles. The van der Waals surface area contributed by atoms with Crippen molar-refractivity contribution in [2.75, 3.05) is 6.61 Å². The lowest BCUT2D eigenvalue weighted by atomic mass is 9.80. The molecule has 0 saturated heterocycles. The Bertz CT molecular complexity index is 477. The van der Waals surface area contributed by atoms with E-state index < -0.39 is 5.83 Å². The van der Waals surface area contributed by atoms with Crippen molar-refractivity contribution in [3.05, 3.63) is 24.1 Å². The predicted molar refractivity (Wildman–Crippen MR) is 105 cm³/mol. The zero-order valence-corrected chi connectivity index (χ0v) is 16.5. The topological polar surface area (TPSA) is 33.0 Å². The Kier molecular flexibility index (Phi) is 10.00. The summed E-state index contributed by atoms with van der Waals surface area (Å²) in [5.74, 6) is 1.52. The molecule has 0 radical (unpaired) electrons. The zero-order chi connectivity index (χ0) is 18.6. The summed E-state index contributed by atoms with van der Waals surface area (Å²) < 4.78 is 19.0. The molecular formula is C23H36FNO. The summed E-state index contributed by atoms with van der Waals surface area (Å²) >= 11 is 0. The van der Waals surface area contributed by atoms with Gasteiger partial charge in [-0.1, -0.05) is 57.6 Å². The summed E-state index contributed by atoms with van der Waals surface area (Å²) in [4.78, 5) is 0. The van der Waals surface area contributed by atoms with Crippen molar-refractivity contribution in [2.45, 2.75) is 90.1 Å². The molecule has 0 heterocycles. The highest BCUT2D eigenvalue weighted by molar-refractivity contribution is 5.19. The van der Waals surface area contributed by atoms with Gasteiger partial charge in [-0.15, -0.1) is 0 Å². The molecule has 0 aromatic rings. The Morgan fingerprint density at radius 3 is 2.38 bits per heavy atom. The molecule has 2 nitrogen and oxygen atoms in total. The first-order valence-corrected chi connectivity index (χ1v) is 10.8. The van der Waals surface area contributed by atoms with Crippen molar-refractivity contribution in [2.24, 2.45) is 17.8 Å². The summed E-state index contributed by atoms with van der Waals surface area (Å²) in [7, 11) is 0. The average molecular weight is 362 g/mol. The van der Waals surface area contributed by atoms with E-state index in [0.29, 0.717) is 12.0 Å². The minimum absolute atomic E-state index is 0.410. The summed E-state index contributed by atoms with van der Waals surface area (Å²) in [5.41, 5.74) is 0. The molecule has 0 unspecified atom stereocenters. The number of hydrogen-bond donors (Lipinski definition) is 0. The highest BCUT2D eigenvalue weighted by atomic mass is 19.1. The second-order valence-corrected chi connectivity index (χ2v) is 8.26. The fourth-order valence-corrected chi connectivity index (χ4v) is 4.42. The van der Waals surface area contributed by atoms with Crippen LogP contribution in [0, 0.1) is 29.1 Å². The van der Waals surface area contributed by atoms with Gasteiger partial charge in [-0.3, -0.25) is 0 Å². The summed E-state index contributed by atoms with van der Waals surface area (Å²) in [6.07, 6.45) is 20.9. The van der Waals surface area contributed by atoms with Crippen LogP contribution in [0.1, 0.15) is 84.0 Å². The number of rotatable bonds is 9. The zero-order valence-electron chi connectivity index (χ0n) is 16.5. The summed E-state index contributed by atoms with van der Waals surface area (Å²) in [6.45, 7) is 3.23. The SMILES string of the molecule is CCCCCC1CCC(COC2CCC(C=CC=C(F)C#N)CC2)CC1. The molecule has 0 spiro atoms. The van der Waals surface area contributed by atoms with Crippen LogP contribution in [-0.2, 0) is 4.74 Å². The summed E-state index contributed by atoms with van der Waals surface area (Å²) in [5, 5.41) is 8.39. The van der Waals surface area contributed by atoms with E-state index in [4.69, 9.17) is 10.00 Å². The summed E-state index contributed by atoms with van der Waals surface area (Å²) in [6, 6.07) is 1.50. The maximum absolute atomic E-state index is 12.8. The van der Waals surface area contributed by atoms with Crippen molar-refractivity contribution in [1.29, 1.82) is 5.26 Å². The molecule has 0 aliphatic heterocycles. The van der Waals surface area contributed by atoms with E-state index >= 15 is 0 Å². The van der Waals surface area contributed by atoms with E-state index in [9.17, 15) is 4.39 Å². The van der Waals surface area contributed by atoms with Gasteiger partial charge < -0.3 is 4.74 Å². The Balaban J connectivity index is 1.56. The third kappa shape index (κ3) is 8.04. The van der Waals surface area contributed by atoms with Crippen LogP contribution >= 0.6 is 0 Å². The second-order valence-electron chi connectivity index (χ2n) is 8.26. The van der Waals surface area contributed by atoms with E-state index in [2.05, 4.69) is 6.92 Å². The molecule has 2 aliphatic rings. The molecule has 0 N–H and O–H groups in total. The average Bonchev–Trinajstić information content (AvgIpc) is 2.68. The molecule has 2 fully saturated rings. The monoisotopic (exact) mass is 361 g/mol. The van der Waals surface area contributed by atoms with Crippen LogP contribution in [-0.4, -0.2) is 12.7 Å². The first kappa shape index (κ1) is 21.2. The van der Waals surface area contributed by atoms with Gasteiger partial charge in [0.05, 0.1) is 6.10 Å². The number of unbranched alkanes of at least 4 members (excludes halogenated alkanes) is 2. The van der Waals surface area contributed by atoms with Crippen molar-refractivity contribution >= 4 is 0 Å². The van der Waals surface area contributed by atoms with E-state index in [0.717, 1.165) is 44.1 Å². The smallest absolute Gasteiger partial charge is 0.199 e. The van der Waals surface area contributed by atoms with Crippen LogP contribution in [0.5, 0.6) is 0 Å². The number of ether oxygens (including phenoxy) is 1. The first-order chi connectivity index (χ1) is 12.7. The maximum atomic E-state index is 12.8. The van der Waals surface area contributed by atoms with Crippen LogP contribution in [0.25, 0.3) is 0 Å². The van der Waals surface area contributed by atoms with E-state index in [1.54, 1.807) is 6.08 Å². The van der Waals surface area contributed by atoms with Crippen molar-refractivity contribution in [3.63, 3.8) is 0 Å². The Labute approximate surface area is 159 Å². The van der Waals surface area contributed by atoms with Crippen LogP contribution in [0.3, 0.4) is 0 Å². The molecular weight excluding hydrogens is 325 g/mol. The molecule has 0 aromatic carbocycles. The predicted octanol–water partition coefficient (Wildman–Crippen LogP) is 6.88. The molecule has 146 valence electrons. The standard InChI is InChI=1S/C23H36FNO/c1-2-3-4-6-19-9-11-21(12-10-19)18-26-23-15-13-20(14-16-23)7-5-8-22(24)17-25/h5,7-8,19-21,23H,2-4,6,9-16,18H2,1H3. The maximum Gasteiger partial charge on any atom is 0.199 e. The molecule has 2 aliphatic carbocycles. The molecule has 3 heteroatoms. The van der Waals surface area contributed by atoms with Crippen molar-refractivity contribution < 1.29 is 9.13 Å². The number of nitriles is 1. The van der Waals surface area contributed by atoms with Crippen LogP contribution in [0.4, 0.5) is 4.39 Å². The second kappa shape index (κ2) is 12.3. The normalized spacial score (nSPS) is 30.4. The molecule has 26 heavy (non-hydrogen) atoms. The highest BCUT2D eigenvalue weighted by Crippen LogP contribution is 2.33. The molecule has 2 rings (SSSR count). The van der Waals surface area contributed by atoms with Gasteiger partial charge in [-0.2, -0.15) is 9.65 Å². The number of nitrogens with zero attached hydrogens (tertiary/aromatic N) is 1. The Hall–Kier alpha value is -1.14. The highest BCUT2D eigenvalue weighted by Gasteiger charge is 2.24. The van der Waals surface area contributed by atoms with Crippen LogP contribution in [0.2, 0.25) is 0 Å². The Morgan fingerprint density at radius 2 is 1.73 bits per heavy atom.